The van der Waals surface area contributed by atoms with E-state index in [9.17, 15) is 0 Å². The first-order valence-electron chi connectivity index (χ1n) is 5.52. The van der Waals surface area contributed by atoms with Gasteiger partial charge in [-0.2, -0.15) is 0 Å². The van der Waals surface area contributed by atoms with E-state index < -0.39 is 0 Å². The zero-order valence-corrected chi connectivity index (χ0v) is 10.6. The smallest absolute Gasteiger partial charge is 0.192 e. The van der Waals surface area contributed by atoms with Crippen molar-refractivity contribution < 1.29 is 0 Å². The third kappa shape index (κ3) is 2.03. The topological polar surface area (TPSA) is 41.6 Å². The second-order valence-electron chi connectivity index (χ2n) is 4.35. The van der Waals surface area contributed by atoms with Crippen LogP contribution in [0, 0.1) is 0 Å². The molecule has 0 fully saturated rings. The van der Waals surface area contributed by atoms with Crippen LogP contribution in [0.3, 0.4) is 0 Å². The first-order chi connectivity index (χ1) is 8.08. The maximum absolute atomic E-state index is 5.91. The molecule has 1 unspecified atom stereocenters. The Kier molecular flexibility index (Phi) is 3.11. The number of aliphatic imine (C=N–C) groups is 1. The van der Waals surface area contributed by atoms with Gasteiger partial charge in [0.05, 0.1) is 12.1 Å². The van der Waals surface area contributed by atoms with Crippen molar-refractivity contribution in [1.29, 1.82) is 0 Å². The molecule has 0 aliphatic carbocycles. The van der Waals surface area contributed by atoms with E-state index >= 15 is 0 Å². The number of benzene rings is 1. The van der Waals surface area contributed by atoms with E-state index in [4.69, 9.17) is 17.3 Å². The van der Waals surface area contributed by atoms with Crippen LogP contribution < -0.4 is 5.73 Å². The number of halogens is 1. The van der Waals surface area contributed by atoms with Gasteiger partial charge in [-0.3, -0.25) is 4.99 Å². The largest absolute Gasteiger partial charge is 0.370 e. The van der Waals surface area contributed by atoms with E-state index in [1.54, 1.807) is 0 Å². The molecule has 0 aromatic heterocycles. The fourth-order valence-corrected chi connectivity index (χ4v) is 2.26. The van der Waals surface area contributed by atoms with Gasteiger partial charge >= 0.3 is 0 Å². The Bertz CT molecular complexity index is 452. The Morgan fingerprint density at radius 3 is 2.76 bits per heavy atom. The highest BCUT2D eigenvalue weighted by Crippen LogP contribution is 2.32. The van der Waals surface area contributed by atoms with Gasteiger partial charge in [0, 0.05) is 11.6 Å². The number of guanidine groups is 1. The summed E-state index contributed by atoms with van der Waals surface area (Å²) < 4.78 is 0. The standard InChI is InChI=1S/C13H16ClN3/c1-3-8-17-12(15)16-9-13(17,2)10-4-6-11(14)7-5-10/h3-7H,1,8-9H2,2H3,(H2,15,16). The maximum atomic E-state index is 5.91. The second kappa shape index (κ2) is 4.41. The highest BCUT2D eigenvalue weighted by Gasteiger charge is 2.38. The van der Waals surface area contributed by atoms with Crippen molar-refractivity contribution in [2.75, 3.05) is 13.1 Å². The molecule has 1 atom stereocenters. The van der Waals surface area contributed by atoms with Crippen molar-refractivity contribution >= 4 is 17.6 Å². The van der Waals surface area contributed by atoms with Crippen LogP contribution in [0.1, 0.15) is 12.5 Å². The summed E-state index contributed by atoms with van der Waals surface area (Å²) in [5.41, 5.74) is 6.86. The molecule has 4 heteroatoms. The normalized spacial score (nSPS) is 23.6. The van der Waals surface area contributed by atoms with E-state index in [-0.39, 0.29) is 5.54 Å². The number of nitrogens with two attached hydrogens (primary N) is 1. The molecule has 0 saturated heterocycles. The van der Waals surface area contributed by atoms with Crippen LogP contribution in [0.5, 0.6) is 0 Å². The van der Waals surface area contributed by atoms with E-state index in [1.165, 1.54) is 0 Å². The molecule has 1 aliphatic heterocycles. The van der Waals surface area contributed by atoms with Gasteiger partial charge in [-0.1, -0.05) is 29.8 Å². The van der Waals surface area contributed by atoms with Crippen molar-refractivity contribution in [3.63, 3.8) is 0 Å². The molecule has 1 aromatic rings. The minimum absolute atomic E-state index is 0.205. The quantitative estimate of drug-likeness (QED) is 0.836. The molecular formula is C13H16ClN3. The second-order valence-corrected chi connectivity index (χ2v) is 4.79. The van der Waals surface area contributed by atoms with Crippen LogP contribution in [-0.2, 0) is 5.54 Å². The molecule has 17 heavy (non-hydrogen) atoms. The van der Waals surface area contributed by atoms with Crippen LogP contribution in [0.15, 0.2) is 41.9 Å². The number of hydrogen-bond donors (Lipinski definition) is 1. The Morgan fingerprint density at radius 2 is 2.18 bits per heavy atom. The summed E-state index contributed by atoms with van der Waals surface area (Å²) in [4.78, 5) is 6.39. The fraction of sp³-hybridized carbons (Fsp3) is 0.308. The Hall–Kier alpha value is -1.48. The minimum atomic E-state index is -0.205. The van der Waals surface area contributed by atoms with Gasteiger partial charge in [0.25, 0.3) is 0 Å². The van der Waals surface area contributed by atoms with Crippen LogP contribution in [0.25, 0.3) is 0 Å². The highest BCUT2D eigenvalue weighted by atomic mass is 35.5. The van der Waals surface area contributed by atoms with Gasteiger partial charge in [-0.25, -0.2) is 0 Å². The van der Waals surface area contributed by atoms with Gasteiger partial charge in [0.1, 0.15) is 0 Å². The summed E-state index contributed by atoms with van der Waals surface area (Å²) in [6.07, 6.45) is 1.84. The van der Waals surface area contributed by atoms with Gasteiger partial charge in [0.15, 0.2) is 5.96 Å². The lowest BCUT2D eigenvalue weighted by Crippen LogP contribution is -2.47. The Labute approximate surface area is 107 Å². The molecule has 1 aliphatic rings. The number of rotatable bonds is 3. The van der Waals surface area contributed by atoms with Crippen molar-refractivity contribution in [2.24, 2.45) is 10.7 Å². The molecule has 0 saturated carbocycles. The van der Waals surface area contributed by atoms with Crippen LogP contribution in [0.2, 0.25) is 5.02 Å². The molecule has 2 rings (SSSR count). The third-order valence-electron chi connectivity index (χ3n) is 3.20. The number of nitrogens with zero attached hydrogens (tertiary/aromatic N) is 2. The maximum Gasteiger partial charge on any atom is 0.192 e. The van der Waals surface area contributed by atoms with Crippen LogP contribution in [-0.4, -0.2) is 23.9 Å². The average Bonchev–Trinajstić information content (AvgIpc) is 2.60. The molecule has 1 aromatic carbocycles. The molecule has 1 heterocycles. The van der Waals surface area contributed by atoms with Crippen molar-refractivity contribution in [2.45, 2.75) is 12.5 Å². The average molecular weight is 250 g/mol. The summed E-state index contributed by atoms with van der Waals surface area (Å²) in [6, 6.07) is 7.82. The van der Waals surface area contributed by atoms with Crippen molar-refractivity contribution in [1.82, 2.24) is 4.90 Å². The molecule has 0 spiro atoms. The summed E-state index contributed by atoms with van der Waals surface area (Å²) in [7, 11) is 0. The molecular weight excluding hydrogens is 234 g/mol. The van der Waals surface area contributed by atoms with Crippen LogP contribution in [0.4, 0.5) is 0 Å². The lowest BCUT2D eigenvalue weighted by atomic mass is 9.91. The predicted octanol–water partition coefficient (Wildman–Crippen LogP) is 2.37. The van der Waals surface area contributed by atoms with Crippen molar-refractivity contribution in [3.8, 4) is 0 Å². The molecule has 90 valence electrons. The molecule has 0 bridgehead atoms. The number of hydrogen-bond acceptors (Lipinski definition) is 3. The highest BCUT2D eigenvalue weighted by molar-refractivity contribution is 6.30. The molecule has 0 radical (unpaired) electrons. The monoisotopic (exact) mass is 249 g/mol. The molecule has 0 amide bonds. The lowest BCUT2D eigenvalue weighted by Gasteiger charge is -2.36. The Morgan fingerprint density at radius 1 is 1.53 bits per heavy atom. The summed E-state index contributed by atoms with van der Waals surface area (Å²) >= 11 is 5.91. The van der Waals surface area contributed by atoms with Gasteiger partial charge in [-0.15, -0.1) is 6.58 Å². The van der Waals surface area contributed by atoms with Crippen molar-refractivity contribution in [3.05, 3.63) is 47.5 Å². The predicted molar refractivity (Wildman–Crippen MR) is 72.2 cm³/mol. The summed E-state index contributed by atoms with van der Waals surface area (Å²) in [5, 5.41) is 0.736. The van der Waals surface area contributed by atoms with E-state index in [0.717, 1.165) is 10.6 Å². The Balaban J connectivity index is 2.35. The fourth-order valence-electron chi connectivity index (χ4n) is 2.14. The molecule has 3 nitrogen and oxygen atoms in total. The summed E-state index contributed by atoms with van der Waals surface area (Å²) in [6.45, 7) is 7.24. The van der Waals surface area contributed by atoms with Gasteiger partial charge in [-0.05, 0) is 24.6 Å². The first-order valence-corrected chi connectivity index (χ1v) is 5.90. The lowest BCUT2D eigenvalue weighted by molar-refractivity contribution is 0.245. The van der Waals surface area contributed by atoms with Gasteiger partial charge in [0.2, 0.25) is 0 Å². The minimum Gasteiger partial charge on any atom is -0.370 e. The van der Waals surface area contributed by atoms with E-state index in [1.807, 2.05) is 30.3 Å². The summed E-state index contributed by atoms with van der Waals surface area (Å²) in [5.74, 6) is 0.572. The zero-order chi connectivity index (χ0) is 12.5. The van der Waals surface area contributed by atoms with Gasteiger partial charge < -0.3 is 10.6 Å². The van der Waals surface area contributed by atoms with E-state index in [2.05, 4.69) is 23.4 Å². The van der Waals surface area contributed by atoms with E-state index in [0.29, 0.717) is 19.0 Å². The van der Waals surface area contributed by atoms with Crippen LogP contribution >= 0.6 is 11.6 Å². The first kappa shape index (κ1) is 12.0. The zero-order valence-electron chi connectivity index (χ0n) is 9.86. The SMILES string of the molecule is C=CCN1C(N)=NCC1(C)c1ccc(Cl)cc1. The third-order valence-corrected chi connectivity index (χ3v) is 3.45. The molecule has 2 N–H and O–H groups in total.